The van der Waals surface area contributed by atoms with Crippen LogP contribution in [-0.2, 0) is 17.2 Å². The first-order valence-corrected chi connectivity index (χ1v) is 8.29. The van der Waals surface area contributed by atoms with Gasteiger partial charge in [-0.1, -0.05) is 6.92 Å². The van der Waals surface area contributed by atoms with E-state index in [-0.39, 0.29) is 18.0 Å². The van der Waals surface area contributed by atoms with Crippen molar-refractivity contribution in [1.82, 2.24) is 4.98 Å². The Kier molecular flexibility index (Phi) is 5.36. The minimum absolute atomic E-state index is 0.250. The van der Waals surface area contributed by atoms with Crippen LogP contribution >= 0.6 is 22.9 Å². The van der Waals surface area contributed by atoms with E-state index in [0.717, 1.165) is 22.7 Å². The van der Waals surface area contributed by atoms with Crippen molar-refractivity contribution in [1.29, 1.82) is 0 Å². The average molecular weight is 328 g/mol. The average Bonchev–Trinajstić information content (AvgIpc) is 2.95. The van der Waals surface area contributed by atoms with Crippen LogP contribution < -0.4 is 0 Å². The molecule has 0 aliphatic heterocycles. The Morgan fingerprint density at radius 2 is 2.14 bits per heavy atom. The first-order chi connectivity index (χ1) is 9.95. The molecule has 114 valence electrons. The molecule has 2 nitrogen and oxygen atoms in total. The Bertz CT molecular complexity index is 612. The largest absolute Gasteiger partial charge is 0.371 e. The molecule has 0 unspecified atom stereocenters. The monoisotopic (exact) mass is 327 g/mol. The van der Waals surface area contributed by atoms with E-state index in [1.54, 1.807) is 12.1 Å². The van der Waals surface area contributed by atoms with Crippen molar-refractivity contribution in [3.05, 3.63) is 40.7 Å². The summed E-state index contributed by atoms with van der Waals surface area (Å²) in [5.74, 6) is 0.137. The second-order valence-electron chi connectivity index (χ2n) is 5.49. The molecule has 0 atom stereocenters. The molecule has 0 N–H and O–H groups in total. The Hall–Kier alpha value is -0.970. The zero-order valence-corrected chi connectivity index (χ0v) is 14.0. The maximum Gasteiger partial charge on any atom is 0.128 e. The summed E-state index contributed by atoms with van der Waals surface area (Å²) in [7, 11) is 0. The summed E-state index contributed by atoms with van der Waals surface area (Å²) in [4.78, 5) is 4.42. The predicted molar refractivity (Wildman–Crippen MR) is 86.2 cm³/mol. The van der Waals surface area contributed by atoms with Gasteiger partial charge in [0, 0.05) is 16.5 Å². The van der Waals surface area contributed by atoms with Gasteiger partial charge >= 0.3 is 0 Å². The molecular weight excluding hydrogens is 309 g/mol. The fourth-order valence-corrected chi connectivity index (χ4v) is 2.74. The Morgan fingerprint density at radius 3 is 2.76 bits per heavy atom. The highest BCUT2D eigenvalue weighted by atomic mass is 35.5. The van der Waals surface area contributed by atoms with Gasteiger partial charge < -0.3 is 4.74 Å². The van der Waals surface area contributed by atoms with Crippen LogP contribution in [0.1, 0.15) is 38.4 Å². The van der Waals surface area contributed by atoms with E-state index in [1.807, 2.05) is 19.2 Å². The third kappa shape index (κ3) is 4.25. The number of aromatic nitrogens is 1. The summed E-state index contributed by atoms with van der Waals surface area (Å²) < 4.78 is 19.7. The minimum atomic E-state index is -0.255. The Balaban J connectivity index is 2.21. The van der Waals surface area contributed by atoms with Crippen LogP contribution in [0.5, 0.6) is 0 Å². The highest BCUT2D eigenvalue weighted by molar-refractivity contribution is 7.13. The van der Waals surface area contributed by atoms with Crippen LogP contribution in [0.3, 0.4) is 0 Å². The zero-order chi connectivity index (χ0) is 15.5. The molecular formula is C16H19ClFNOS. The van der Waals surface area contributed by atoms with Gasteiger partial charge in [-0.2, -0.15) is 0 Å². The first kappa shape index (κ1) is 16.4. The molecule has 0 spiro atoms. The van der Waals surface area contributed by atoms with Crippen molar-refractivity contribution >= 4 is 22.9 Å². The number of ether oxygens (including phenoxy) is 1. The molecule has 2 aromatic rings. The summed E-state index contributed by atoms with van der Waals surface area (Å²) in [6.45, 7) is 6.31. The molecule has 5 heteroatoms. The molecule has 21 heavy (non-hydrogen) atoms. The summed E-state index contributed by atoms with van der Waals surface area (Å²) in [5.41, 5.74) is 2.03. The molecule has 1 heterocycles. The minimum Gasteiger partial charge on any atom is -0.371 e. The molecule has 0 saturated carbocycles. The van der Waals surface area contributed by atoms with Crippen molar-refractivity contribution in [2.45, 2.75) is 45.3 Å². The van der Waals surface area contributed by atoms with E-state index >= 15 is 0 Å². The van der Waals surface area contributed by atoms with Gasteiger partial charge in [-0.3, -0.25) is 0 Å². The van der Waals surface area contributed by atoms with Gasteiger partial charge in [-0.15, -0.1) is 22.9 Å². The van der Waals surface area contributed by atoms with Gasteiger partial charge in [-0.05, 0) is 38.5 Å². The van der Waals surface area contributed by atoms with E-state index in [9.17, 15) is 4.39 Å². The van der Waals surface area contributed by atoms with Crippen molar-refractivity contribution in [2.75, 3.05) is 0 Å². The van der Waals surface area contributed by atoms with Crippen LogP contribution in [0.15, 0.2) is 23.6 Å². The van der Waals surface area contributed by atoms with E-state index < -0.39 is 0 Å². The molecule has 0 radical (unpaired) electrons. The molecule has 0 aliphatic carbocycles. The highest BCUT2D eigenvalue weighted by Crippen LogP contribution is 2.27. The third-order valence-corrected chi connectivity index (χ3v) is 4.67. The van der Waals surface area contributed by atoms with Gasteiger partial charge in [0.25, 0.3) is 0 Å². The second-order valence-corrected chi connectivity index (χ2v) is 6.61. The standard InChI is InChI=1S/C16H19ClFNOS/c1-4-16(2,3)20-9-12-7-11(5-6-14(12)18)15-19-13(8-17)10-21-15/h5-7,10H,4,8-9H2,1-3H3. The van der Waals surface area contributed by atoms with Crippen molar-refractivity contribution < 1.29 is 9.13 Å². The van der Waals surface area contributed by atoms with Gasteiger partial charge in [0.05, 0.1) is 23.8 Å². The quantitative estimate of drug-likeness (QED) is 0.663. The van der Waals surface area contributed by atoms with Gasteiger partial charge in [0.1, 0.15) is 10.8 Å². The number of nitrogens with zero attached hydrogens (tertiary/aromatic N) is 1. The van der Waals surface area contributed by atoms with Crippen LogP contribution in [0, 0.1) is 5.82 Å². The normalized spacial score (nSPS) is 11.9. The summed E-state index contributed by atoms with van der Waals surface area (Å²) in [6, 6.07) is 5.01. The lowest BCUT2D eigenvalue weighted by Crippen LogP contribution is -2.22. The number of thiazole rings is 1. The van der Waals surface area contributed by atoms with Crippen molar-refractivity contribution in [3.63, 3.8) is 0 Å². The maximum atomic E-state index is 13.9. The van der Waals surface area contributed by atoms with Crippen LogP contribution in [0.4, 0.5) is 4.39 Å². The van der Waals surface area contributed by atoms with Crippen LogP contribution in [0.2, 0.25) is 0 Å². The van der Waals surface area contributed by atoms with E-state index in [1.165, 1.54) is 17.4 Å². The lowest BCUT2D eigenvalue weighted by molar-refractivity contribution is -0.0326. The van der Waals surface area contributed by atoms with E-state index in [4.69, 9.17) is 16.3 Å². The summed E-state index contributed by atoms with van der Waals surface area (Å²) in [6.07, 6.45) is 0.875. The number of alkyl halides is 1. The van der Waals surface area contributed by atoms with E-state index in [0.29, 0.717) is 11.4 Å². The Morgan fingerprint density at radius 1 is 1.38 bits per heavy atom. The van der Waals surface area contributed by atoms with E-state index in [2.05, 4.69) is 11.9 Å². The molecule has 0 saturated heterocycles. The lowest BCUT2D eigenvalue weighted by atomic mass is 10.1. The number of hydrogen-bond donors (Lipinski definition) is 0. The predicted octanol–water partition coefficient (Wildman–Crippen LogP) is 5.39. The Labute approximate surface area is 133 Å². The van der Waals surface area contributed by atoms with Gasteiger partial charge in [-0.25, -0.2) is 9.37 Å². The second kappa shape index (κ2) is 6.86. The number of benzene rings is 1. The van der Waals surface area contributed by atoms with Crippen LogP contribution in [0.25, 0.3) is 10.6 Å². The molecule has 0 bridgehead atoms. The molecule has 0 aliphatic rings. The molecule has 0 amide bonds. The van der Waals surface area contributed by atoms with Crippen molar-refractivity contribution in [3.8, 4) is 10.6 Å². The van der Waals surface area contributed by atoms with Crippen LogP contribution in [-0.4, -0.2) is 10.6 Å². The number of hydrogen-bond acceptors (Lipinski definition) is 3. The maximum absolute atomic E-state index is 13.9. The number of halogens is 2. The summed E-state index contributed by atoms with van der Waals surface area (Å²) in [5, 5.41) is 2.77. The SMILES string of the molecule is CCC(C)(C)OCc1cc(-c2nc(CCl)cs2)ccc1F. The summed E-state index contributed by atoms with van der Waals surface area (Å²) >= 11 is 7.28. The zero-order valence-electron chi connectivity index (χ0n) is 12.5. The highest BCUT2D eigenvalue weighted by Gasteiger charge is 2.17. The molecule has 0 fully saturated rings. The number of rotatable bonds is 6. The fourth-order valence-electron chi connectivity index (χ4n) is 1.69. The molecule has 1 aromatic carbocycles. The fraction of sp³-hybridized carbons (Fsp3) is 0.438. The van der Waals surface area contributed by atoms with Crippen molar-refractivity contribution in [2.24, 2.45) is 0 Å². The topological polar surface area (TPSA) is 22.1 Å². The molecule has 1 aromatic heterocycles. The smallest absolute Gasteiger partial charge is 0.128 e. The third-order valence-electron chi connectivity index (χ3n) is 3.45. The molecule has 2 rings (SSSR count). The van der Waals surface area contributed by atoms with Gasteiger partial charge in [0.2, 0.25) is 0 Å². The lowest BCUT2D eigenvalue weighted by Gasteiger charge is -2.23. The van der Waals surface area contributed by atoms with Gasteiger partial charge in [0.15, 0.2) is 0 Å². The first-order valence-electron chi connectivity index (χ1n) is 6.88.